The fraction of sp³-hybridized carbons (Fsp3) is 0.154. The first kappa shape index (κ1) is 10.6. The Balaban J connectivity index is 2.22. The van der Waals surface area contributed by atoms with Crippen LogP contribution in [-0.4, -0.2) is 16.7 Å². The summed E-state index contributed by atoms with van der Waals surface area (Å²) in [6.07, 6.45) is 5.33. The van der Waals surface area contributed by atoms with Crippen molar-refractivity contribution in [1.29, 1.82) is 0 Å². The van der Waals surface area contributed by atoms with Crippen molar-refractivity contribution < 1.29 is 14.3 Å². The predicted octanol–water partition coefficient (Wildman–Crippen LogP) is 2.69. The molecule has 0 aliphatic heterocycles. The van der Waals surface area contributed by atoms with Crippen LogP contribution in [0.15, 0.2) is 54.6 Å². The number of rotatable bonds is 2. The highest BCUT2D eigenvalue weighted by Gasteiger charge is 2.34. The topological polar surface area (TPSA) is 37.3 Å². The molecule has 0 radical (unpaired) electrons. The Bertz CT molecular complexity index is 434. The number of alkyl halides is 1. The van der Waals surface area contributed by atoms with Gasteiger partial charge in [0.1, 0.15) is 0 Å². The van der Waals surface area contributed by atoms with E-state index < -0.39 is 11.6 Å². The average molecular weight is 218 g/mol. The third kappa shape index (κ3) is 1.89. The Morgan fingerprint density at radius 2 is 1.75 bits per heavy atom. The van der Waals surface area contributed by atoms with Crippen LogP contribution in [-0.2, 0) is 4.79 Å². The van der Waals surface area contributed by atoms with E-state index in [1.165, 1.54) is 0 Å². The molecule has 0 amide bonds. The molecule has 0 saturated heterocycles. The van der Waals surface area contributed by atoms with E-state index in [0.717, 1.165) is 17.7 Å². The average Bonchev–Trinajstić information content (AvgIpc) is 2.31. The molecule has 1 aromatic rings. The first-order chi connectivity index (χ1) is 7.62. The Hall–Kier alpha value is -1.90. The zero-order valence-corrected chi connectivity index (χ0v) is 8.51. The first-order valence-corrected chi connectivity index (χ1v) is 4.98. The highest BCUT2D eigenvalue weighted by atomic mass is 19.1. The lowest BCUT2D eigenvalue weighted by molar-refractivity contribution is -0.144. The van der Waals surface area contributed by atoms with Crippen LogP contribution in [0.25, 0.3) is 0 Å². The second-order valence-corrected chi connectivity index (χ2v) is 3.73. The van der Waals surface area contributed by atoms with Crippen LogP contribution in [0.1, 0.15) is 11.5 Å². The van der Waals surface area contributed by atoms with Gasteiger partial charge < -0.3 is 5.11 Å². The molecule has 2 nitrogen and oxygen atoms in total. The van der Waals surface area contributed by atoms with Crippen LogP contribution < -0.4 is 0 Å². The van der Waals surface area contributed by atoms with Crippen LogP contribution in [0.5, 0.6) is 0 Å². The van der Waals surface area contributed by atoms with Crippen molar-refractivity contribution in [2.24, 2.45) is 0 Å². The van der Waals surface area contributed by atoms with Gasteiger partial charge in [-0.3, -0.25) is 0 Å². The molecular formula is C13H11FO2. The van der Waals surface area contributed by atoms with Gasteiger partial charge in [-0.2, -0.15) is 0 Å². The molecule has 82 valence electrons. The maximum atomic E-state index is 13.6. The smallest absolute Gasteiger partial charge is 0.349 e. The van der Waals surface area contributed by atoms with Gasteiger partial charge in [0.05, 0.1) is 0 Å². The Morgan fingerprint density at radius 3 is 2.25 bits per heavy atom. The molecule has 1 aliphatic carbocycles. The number of carboxylic acids is 1. The summed E-state index contributed by atoms with van der Waals surface area (Å²) in [6, 6.07) is 9.53. The van der Waals surface area contributed by atoms with E-state index >= 15 is 0 Å². The molecule has 0 saturated carbocycles. The fourth-order valence-corrected chi connectivity index (χ4v) is 1.65. The molecule has 1 aromatic carbocycles. The van der Waals surface area contributed by atoms with Crippen LogP contribution in [0.2, 0.25) is 0 Å². The second-order valence-electron chi connectivity index (χ2n) is 3.73. The van der Waals surface area contributed by atoms with Gasteiger partial charge in [-0.15, -0.1) is 0 Å². The third-order valence-electron chi connectivity index (χ3n) is 2.60. The van der Waals surface area contributed by atoms with Crippen molar-refractivity contribution in [1.82, 2.24) is 0 Å². The summed E-state index contributed by atoms with van der Waals surface area (Å²) >= 11 is 0. The van der Waals surface area contributed by atoms with E-state index in [9.17, 15) is 9.18 Å². The summed E-state index contributed by atoms with van der Waals surface area (Å²) in [4.78, 5) is 10.6. The number of carbonyl (C=O) groups is 1. The Labute approximate surface area is 92.7 Å². The highest BCUT2D eigenvalue weighted by molar-refractivity contribution is 5.83. The number of halogens is 1. The van der Waals surface area contributed by atoms with Crippen LogP contribution in [0.4, 0.5) is 4.39 Å². The van der Waals surface area contributed by atoms with Gasteiger partial charge in [0, 0.05) is 5.92 Å². The number of aliphatic carboxylic acids is 1. The van der Waals surface area contributed by atoms with Gasteiger partial charge in [-0.1, -0.05) is 42.5 Å². The number of hydrogen-bond acceptors (Lipinski definition) is 1. The summed E-state index contributed by atoms with van der Waals surface area (Å²) in [7, 11) is 0. The van der Waals surface area contributed by atoms with Crippen molar-refractivity contribution >= 4 is 5.97 Å². The lowest BCUT2D eigenvalue weighted by Gasteiger charge is -2.19. The maximum Gasteiger partial charge on any atom is 0.349 e. The van der Waals surface area contributed by atoms with E-state index in [1.807, 2.05) is 30.3 Å². The zero-order valence-electron chi connectivity index (χ0n) is 8.51. The van der Waals surface area contributed by atoms with Gasteiger partial charge in [-0.05, 0) is 17.7 Å². The van der Waals surface area contributed by atoms with Crippen LogP contribution in [0, 0.1) is 0 Å². The lowest BCUT2D eigenvalue weighted by atomic mass is 9.89. The monoisotopic (exact) mass is 218 g/mol. The highest BCUT2D eigenvalue weighted by Crippen LogP contribution is 2.28. The van der Waals surface area contributed by atoms with Gasteiger partial charge in [0.2, 0.25) is 5.67 Å². The van der Waals surface area contributed by atoms with Crippen molar-refractivity contribution in [3.63, 3.8) is 0 Å². The molecule has 0 unspecified atom stereocenters. The normalized spacial score (nSPS) is 27.9. The van der Waals surface area contributed by atoms with Crippen LogP contribution >= 0.6 is 0 Å². The minimum Gasteiger partial charge on any atom is -0.478 e. The Kier molecular flexibility index (Phi) is 2.60. The first-order valence-electron chi connectivity index (χ1n) is 4.98. The van der Waals surface area contributed by atoms with Gasteiger partial charge in [-0.25, -0.2) is 9.18 Å². The van der Waals surface area contributed by atoms with Crippen LogP contribution in [0.3, 0.4) is 0 Å². The quantitative estimate of drug-likeness (QED) is 0.775. The molecule has 0 spiro atoms. The summed E-state index contributed by atoms with van der Waals surface area (Å²) in [5.74, 6) is -1.53. The molecule has 2 rings (SSSR count). The van der Waals surface area contributed by atoms with E-state index in [-0.39, 0.29) is 5.92 Å². The van der Waals surface area contributed by atoms with E-state index in [0.29, 0.717) is 0 Å². The third-order valence-corrected chi connectivity index (χ3v) is 2.60. The molecule has 0 bridgehead atoms. The number of hydrogen-bond donors (Lipinski definition) is 1. The number of allylic oxidation sites excluding steroid dienone is 2. The summed E-state index contributed by atoms with van der Waals surface area (Å²) in [5.41, 5.74) is -1.34. The molecule has 3 heteroatoms. The van der Waals surface area contributed by atoms with Crippen molar-refractivity contribution in [2.75, 3.05) is 0 Å². The van der Waals surface area contributed by atoms with E-state index in [2.05, 4.69) is 0 Å². The largest absolute Gasteiger partial charge is 0.478 e. The number of carboxylic acid groups (broad SMARTS) is 1. The molecule has 1 aliphatic rings. The van der Waals surface area contributed by atoms with Crippen molar-refractivity contribution in [3.8, 4) is 0 Å². The minimum absolute atomic E-state index is 0.0515. The summed E-state index contributed by atoms with van der Waals surface area (Å²) in [5, 5.41) is 8.68. The molecular weight excluding hydrogens is 207 g/mol. The lowest BCUT2D eigenvalue weighted by Crippen LogP contribution is -2.30. The van der Waals surface area contributed by atoms with Crippen molar-refractivity contribution in [2.45, 2.75) is 11.6 Å². The van der Waals surface area contributed by atoms with E-state index in [4.69, 9.17) is 5.11 Å². The minimum atomic E-state index is -2.36. The zero-order chi connectivity index (χ0) is 11.6. The van der Waals surface area contributed by atoms with Crippen molar-refractivity contribution in [3.05, 3.63) is 60.2 Å². The van der Waals surface area contributed by atoms with Gasteiger partial charge in [0.25, 0.3) is 0 Å². The summed E-state index contributed by atoms with van der Waals surface area (Å²) < 4.78 is 13.6. The van der Waals surface area contributed by atoms with E-state index in [1.54, 1.807) is 12.2 Å². The van der Waals surface area contributed by atoms with Gasteiger partial charge in [0.15, 0.2) is 0 Å². The molecule has 0 atom stereocenters. The second kappa shape index (κ2) is 3.93. The predicted molar refractivity (Wildman–Crippen MR) is 58.9 cm³/mol. The molecule has 1 N–H and O–H groups in total. The fourth-order valence-electron chi connectivity index (χ4n) is 1.65. The molecule has 16 heavy (non-hydrogen) atoms. The SMILES string of the molecule is O=C(O)[C@]1(F)C=C[C@H](c2ccccc2)C=C1. The molecule has 0 aromatic heterocycles. The summed E-state index contributed by atoms with van der Waals surface area (Å²) in [6.45, 7) is 0. The standard InChI is InChI=1S/C13H11FO2/c14-13(12(15)16)8-6-11(7-9-13)10-4-2-1-3-5-10/h1-9,11H,(H,15,16)/t11-,13-. The number of benzene rings is 1. The molecule has 0 fully saturated rings. The maximum absolute atomic E-state index is 13.6. The Morgan fingerprint density at radius 1 is 1.19 bits per heavy atom. The van der Waals surface area contributed by atoms with Gasteiger partial charge >= 0.3 is 5.97 Å². The molecule has 0 heterocycles.